The van der Waals surface area contributed by atoms with Gasteiger partial charge in [-0.05, 0) is 44.5 Å². The molecule has 0 aliphatic rings. The van der Waals surface area contributed by atoms with Crippen molar-refractivity contribution in [1.82, 2.24) is 19.7 Å². The Balaban J connectivity index is 1.58. The van der Waals surface area contributed by atoms with Crippen LogP contribution >= 0.6 is 11.8 Å². The Labute approximate surface area is 177 Å². The lowest BCUT2D eigenvalue weighted by Gasteiger charge is -2.13. The van der Waals surface area contributed by atoms with Crippen LogP contribution in [0.1, 0.15) is 18.1 Å². The van der Waals surface area contributed by atoms with Crippen molar-refractivity contribution in [3.8, 4) is 5.69 Å². The van der Waals surface area contributed by atoms with Crippen LogP contribution < -0.4 is 10.9 Å². The molecule has 0 unspecified atom stereocenters. The molecule has 0 spiro atoms. The Morgan fingerprint density at radius 2 is 1.93 bits per heavy atom. The van der Waals surface area contributed by atoms with E-state index in [1.165, 1.54) is 18.0 Å². The molecule has 0 aliphatic heterocycles. The number of fused-ring (bicyclic) bond motifs is 1. The second-order valence-corrected chi connectivity index (χ2v) is 8.40. The van der Waals surface area contributed by atoms with E-state index in [9.17, 15) is 9.59 Å². The number of aromatic nitrogens is 4. The molecule has 0 bridgehead atoms. The zero-order valence-corrected chi connectivity index (χ0v) is 17.7. The number of carbonyl (C=O) groups excluding carboxylic acids is 1. The number of H-pyrrole nitrogens is 1. The zero-order valence-electron chi connectivity index (χ0n) is 16.8. The second kappa shape index (κ2) is 8.16. The number of amides is 1. The Hall–Kier alpha value is -3.39. The van der Waals surface area contributed by atoms with Gasteiger partial charge in [0, 0.05) is 5.69 Å². The van der Waals surface area contributed by atoms with Gasteiger partial charge < -0.3 is 10.3 Å². The van der Waals surface area contributed by atoms with E-state index < -0.39 is 5.25 Å². The van der Waals surface area contributed by atoms with E-state index >= 15 is 0 Å². The minimum absolute atomic E-state index is 0.161. The van der Waals surface area contributed by atoms with Crippen LogP contribution in [0, 0.1) is 13.8 Å². The molecule has 0 aliphatic carbocycles. The summed E-state index contributed by atoms with van der Waals surface area (Å²) in [4.78, 5) is 32.5. The number of carbonyl (C=O) groups is 1. The van der Waals surface area contributed by atoms with Gasteiger partial charge in [-0.2, -0.15) is 5.10 Å². The molecule has 2 N–H and O–H groups in total. The smallest absolute Gasteiger partial charge is 0.262 e. The van der Waals surface area contributed by atoms with Crippen molar-refractivity contribution < 1.29 is 4.79 Å². The second-order valence-electron chi connectivity index (χ2n) is 7.07. The van der Waals surface area contributed by atoms with Crippen molar-refractivity contribution in [1.29, 1.82) is 0 Å². The molecule has 0 radical (unpaired) electrons. The number of hydrogen-bond donors (Lipinski definition) is 2. The summed E-state index contributed by atoms with van der Waals surface area (Å²) in [7, 11) is 0. The molecule has 30 heavy (non-hydrogen) atoms. The number of para-hydroxylation sites is 1. The number of aromatic amines is 1. The van der Waals surface area contributed by atoms with Crippen LogP contribution in [0.3, 0.4) is 0 Å². The van der Waals surface area contributed by atoms with Gasteiger partial charge in [0.2, 0.25) is 5.91 Å². The van der Waals surface area contributed by atoms with Crippen LogP contribution in [0.15, 0.2) is 64.7 Å². The lowest BCUT2D eigenvalue weighted by molar-refractivity contribution is -0.115. The van der Waals surface area contributed by atoms with E-state index in [4.69, 9.17) is 0 Å². The van der Waals surface area contributed by atoms with Crippen LogP contribution in [0.4, 0.5) is 5.69 Å². The zero-order chi connectivity index (χ0) is 21.3. The van der Waals surface area contributed by atoms with Gasteiger partial charge >= 0.3 is 0 Å². The van der Waals surface area contributed by atoms with Crippen LogP contribution in [0.25, 0.3) is 16.7 Å². The predicted molar refractivity (Wildman–Crippen MR) is 119 cm³/mol. The van der Waals surface area contributed by atoms with Crippen molar-refractivity contribution in [2.75, 3.05) is 5.32 Å². The minimum atomic E-state index is -0.459. The van der Waals surface area contributed by atoms with Crippen LogP contribution in [0.5, 0.6) is 0 Å². The third-order valence-electron chi connectivity index (χ3n) is 4.71. The van der Waals surface area contributed by atoms with Gasteiger partial charge in [0.1, 0.15) is 5.39 Å². The van der Waals surface area contributed by atoms with Gasteiger partial charge in [0.25, 0.3) is 5.56 Å². The van der Waals surface area contributed by atoms with E-state index in [0.29, 0.717) is 16.2 Å². The average molecular weight is 420 g/mol. The normalized spacial score (nSPS) is 12.1. The molecule has 0 fully saturated rings. The highest BCUT2D eigenvalue weighted by Gasteiger charge is 2.19. The van der Waals surface area contributed by atoms with Gasteiger partial charge in [-0.3, -0.25) is 9.59 Å². The molecule has 1 atom stereocenters. The molecule has 2 aromatic heterocycles. The average Bonchev–Trinajstić information content (AvgIpc) is 3.15. The molecule has 152 valence electrons. The standard InChI is InChI=1S/C22H21N5O2S/c1-13-9-10-18(14(2)11-13)24-20(28)15(3)30-22-25-19-17(21(29)26-22)12-23-27(19)16-7-5-4-6-8-16/h4-12,15H,1-3H3,(H,24,28)(H,25,26,29)/t15-/m1/s1. The molecule has 7 nitrogen and oxygen atoms in total. The first kappa shape index (κ1) is 19.9. The van der Waals surface area contributed by atoms with Gasteiger partial charge in [0.05, 0.1) is 17.1 Å². The molecule has 0 saturated heterocycles. The lowest BCUT2D eigenvalue weighted by Crippen LogP contribution is -2.23. The topological polar surface area (TPSA) is 92.7 Å². The predicted octanol–water partition coefficient (Wildman–Crippen LogP) is 3.84. The number of anilines is 1. The van der Waals surface area contributed by atoms with Crippen molar-refractivity contribution >= 4 is 34.4 Å². The van der Waals surface area contributed by atoms with E-state index in [2.05, 4.69) is 20.4 Å². The first-order chi connectivity index (χ1) is 14.4. The third kappa shape index (κ3) is 3.99. The van der Waals surface area contributed by atoms with Crippen molar-refractivity contribution in [2.24, 2.45) is 0 Å². The molecular weight excluding hydrogens is 398 g/mol. The highest BCUT2D eigenvalue weighted by atomic mass is 32.2. The van der Waals surface area contributed by atoms with E-state index in [1.54, 1.807) is 11.6 Å². The number of nitrogens with one attached hydrogen (secondary N) is 2. The monoisotopic (exact) mass is 419 g/mol. The number of thioether (sulfide) groups is 1. The molecule has 8 heteroatoms. The first-order valence-corrected chi connectivity index (χ1v) is 10.4. The Morgan fingerprint density at radius 3 is 2.67 bits per heavy atom. The number of hydrogen-bond acceptors (Lipinski definition) is 5. The maximum Gasteiger partial charge on any atom is 0.262 e. The van der Waals surface area contributed by atoms with Gasteiger partial charge in [0.15, 0.2) is 10.8 Å². The molecule has 4 aromatic rings. The van der Waals surface area contributed by atoms with Gasteiger partial charge in [-0.25, -0.2) is 9.67 Å². The van der Waals surface area contributed by atoms with E-state index in [0.717, 1.165) is 22.5 Å². The summed E-state index contributed by atoms with van der Waals surface area (Å²) in [5.74, 6) is -0.161. The fourth-order valence-electron chi connectivity index (χ4n) is 3.12. The molecular formula is C22H21N5O2S. The number of nitrogens with zero attached hydrogens (tertiary/aromatic N) is 3. The SMILES string of the molecule is Cc1ccc(NC(=O)[C@@H](C)Sc2nc3c(cnn3-c3ccccc3)c(=O)[nH]2)c(C)c1. The first-order valence-electron chi connectivity index (χ1n) is 9.50. The highest BCUT2D eigenvalue weighted by Crippen LogP contribution is 2.23. The third-order valence-corrected chi connectivity index (χ3v) is 5.70. The van der Waals surface area contributed by atoms with Crippen LogP contribution in [-0.4, -0.2) is 30.9 Å². The quantitative estimate of drug-likeness (QED) is 0.379. The van der Waals surface area contributed by atoms with E-state index in [1.807, 2.05) is 62.4 Å². The van der Waals surface area contributed by atoms with Crippen molar-refractivity contribution in [3.05, 3.63) is 76.2 Å². The fraction of sp³-hybridized carbons (Fsp3) is 0.182. The van der Waals surface area contributed by atoms with Gasteiger partial charge in [-0.15, -0.1) is 0 Å². The molecule has 0 saturated carbocycles. The Kier molecular flexibility index (Phi) is 5.41. The molecule has 2 aromatic carbocycles. The molecule has 4 rings (SSSR count). The number of rotatable bonds is 5. The van der Waals surface area contributed by atoms with Crippen LogP contribution in [0.2, 0.25) is 0 Å². The van der Waals surface area contributed by atoms with Crippen LogP contribution in [-0.2, 0) is 4.79 Å². The summed E-state index contributed by atoms with van der Waals surface area (Å²) in [6.45, 7) is 5.75. The summed E-state index contributed by atoms with van der Waals surface area (Å²) in [5.41, 5.74) is 3.89. The summed E-state index contributed by atoms with van der Waals surface area (Å²) in [5, 5.41) is 7.55. The van der Waals surface area contributed by atoms with Crippen molar-refractivity contribution in [3.63, 3.8) is 0 Å². The number of benzene rings is 2. The van der Waals surface area contributed by atoms with Crippen molar-refractivity contribution in [2.45, 2.75) is 31.2 Å². The summed E-state index contributed by atoms with van der Waals surface area (Å²) in [6, 6.07) is 15.3. The van der Waals surface area contributed by atoms with Gasteiger partial charge in [-0.1, -0.05) is 47.7 Å². The molecule has 2 heterocycles. The fourth-order valence-corrected chi connectivity index (χ4v) is 3.91. The maximum atomic E-state index is 12.7. The minimum Gasteiger partial charge on any atom is -0.325 e. The summed E-state index contributed by atoms with van der Waals surface area (Å²) in [6.07, 6.45) is 1.50. The van der Waals surface area contributed by atoms with E-state index in [-0.39, 0.29) is 11.5 Å². The maximum absolute atomic E-state index is 12.7. The lowest BCUT2D eigenvalue weighted by atomic mass is 10.1. The number of aryl methyl sites for hydroxylation is 2. The summed E-state index contributed by atoms with van der Waals surface area (Å²) < 4.78 is 1.62. The molecule has 1 amide bonds. The summed E-state index contributed by atoms with van der Waals surface area (Å²) >= 11 is 1.20. The highest BCUT2D eigenvalue weighted by molar-refractivity contribution is 8.00. The Morgan fingerprint density at radius 1 is 1.17 bits per heavy atom. The Bertz CT molecular complexity index is 1280. The largest absolute Gasteiger partial charge is 0.325 e.